The van der Waals surface area contributed by atoms with Crippen molar-refractivity contribution in [2.45, 2.75) is 25.4 Å². The molecule has 3 heterocycles. The van der Waals surface area contributed by atoms with Crippen LogP contribution in [-0.2, 0) is 17.6 Å². The molecule has 1 aromatic carbocycles. The summed E-state index contributed by atoms with van der Waals surface area (Å²) in [5.41, 5.74) is 1.94. The van der Waals surface area contributed by atoms with Crippen molar-refractivity contribution in [3.8, 4) is 17.1 Å². The highest BCUT2D eigenvalue weighted by molar-refractivity contribution is 5.81. The molecule has 1 atom stereocenters. The molecule has 1 N–H and O–H groups in total. The van der Waals surface area contributed by atoms with E-state index in [4.69, 9.17) is 9.26 Å². The predicted octanol–water partition coefficient (Wildman–Crippen LogP) is 2.18. The fourth-order valence-electron chi connectivity index (χ4n) is 2.88. The van der Waals surface area contributed by atoms with Gasteiger partial charge in [-0.1, -0.05) is 23.4 Å². The number of aromatic nitrogens is 3. The average molecular weight is 350 g/mol. The maximum absolute atomic E-state index is 12.3. The largest absolute Gasteiger partial charge is 0.480 e. The van der Waals surface area contributed by atoms with Crippen LogP contribution in [-0.4, -0.2) is 33.7 Å². The van der Waals surface area contributed by atoms with Gasteiger partial charge >= 0.3 is 0 Å². The number of para-hydroxylation sites is 1. The SMILES string of the molecule is O=C(NCCc1nc(-c2cccnc2)no1)C1CCc2ccccc2O1. The monoisotopic (exact) mass is 350 g/mol. The molecule has 1 aliphatic rings. The van der Waals surface area contributed by atoms with E-state index >= 15 is 0 Å². The first-order valence-corrected chi connectivity index (χ1v) is 8.55. The lowest BCUT2D eigenvalue weighted by Crippen LogP contribution is -2.41. The lowest BCUT2D eigenvalue weighted by atomic mass is 10.0. The van der Waals surface area contributed by atoms with Crippen LogP contribution in [0, 0.1) is 0 Å². The molecule has 0 saturated carbocycles. The van der Waals surface area contributed by atoms with Gasteiger partial charge in [-0.3, -0.25) is 9.78 Å². The number of benzene rings is 1. The second-order valence-electron chi connectivity index (χ2n) is 6.05. The minimum Gasteiger partial charge on any atom is -0.480 e. The van der Waals surface area contributed by atoms with Crippen LogP contribution >= 0.6 is 0 Å². The standard InChI is InChI=1S/C19H18N4O3/c24-19(16-8-7-13-4-1-2-6-15(13)25-16)21-11-9-17-22-18(23-26-17)14-5-3-10-20-12-14/h1-6,10,12,16H,7-9,11H2,(H,21,24). The molecule has 0 spiro atoms. The maximum atomic E-state index is 12.3. The van der Waals surface area contributed by atoms with Crippen LogP contribution in [0.2, 0.25) is 0 Å². The minimum atomic E-state index is -0.460. The van der Waals surface area contributed by atoms with Crippen LogP contribution in [0.3, 0.4) is 0 Å². The predicted molar refractivity (Wildman–Crippen MR) is 93.4 cm³/mol. The van der Waals surface area contributed by atoms with Gasteiger partial charge in [-0.15, -0.1) is 0 Å². The zero-order valence-corrected chi connectivity index (χ0v) is 14.1. The van der Waals surface area contributed by atoms with Crippen molar-refractivity contribution < 1.29 is 14.1 Å². The van der Waals surface area contributed by atoms with Crippen LogP contribution in [0.25, 0.3) is 11.4 Å². The Balaban J connectivity index is 1.29. The highest BCUT2D eigenvalue weighted by atomic mass is 16.5. The second-order valence-corrected chi connectivity index (χ2v) is 6.05. The third-order valence-corrected chi connectivity index (χ3v) is 4.24. The number of carbonyl (C=O) groups excluding carboxylic acids is 1. The first kappa shape index (κ1) is 16.3. The van der Waals surface area contributed by atoms with E-state index in [0.29, 0.717) is 31.1 Å². The molecule has 132 valence electrons. The molecule has 4 rings (SSSR count). The van der Waals surface area contributed by atoms with Gasteiger partial charge in [-0.2, -0.15) is 4.98 Å². The van der Waals surface area contributed by atoms with Crippen molar-refractivity contribution in [2.75, 3.05) is 6.54 Å². The van der Waals surface area contributed by atoms with Crippen molar-refractivity contribution in [2.24, 2.45) is 0 Å². The molecule has 2 aromatic heterocycles. The third-order valence-electron chi connectivity index (χ3n) is 4.24. The number of pyridine rings is 1. The van der Waals surface area contributed by atoms with E-state index < -0.39 is 6.10 Å². The van der Waals surface area contributed by atoms with Crippen LogP contribution in [0.1, 0.15) is 17.9 Å². The number of fused-ring (bicyclic) bond motifs is 1. The van der Waals surface area contributed by atoms with Crippen LogP contribution < -0.4 is 10.1 Å². The lowest BCUT2D eigenvalue weighted by molar-refractivity contribution is -0.128. The molecule has 26 heavy (non-hydrogen) atoms. The first-order valence-electron chi connectivity index (χ1n) is 8.55. The Labute approximate surface area is 150 Å². The summed E-state index contributed by atoms with van der Waals surface area (Å²) >= 11 is 0. The van der Waals surface area contributed by atoms with E-state index in [0.717, 1.165) is 23.3 Å². The van der Waals surface area contributed by atoms with Crippen molar-refractivity contribution in [3.63, 3.8) is 0 Å². The molecule has 0 bridgehead atoms. The van der Waals surface area contributed by atoms with Gasteiger partial charge in [-0.05, 0) is 36.6 Å². The van der Waals surface area contributed by atoms with Gasteiger partial charge in [0.2, 0.25) is 11.7 Å². The Morgan fingerprint density at radius 1 is 1.23 bits per heavy atom. The van der Waals surface area contributed by atoms with Crippen molar-refractivity contribution in [1.29, 1.82) is 0 Å². The second kappa shape index (κ2) is 7.35. The fourth-order valence-corrected chi connectivity index (χ4v) is 2.88. The molecule has 1 aliphatic heterocycles. The third kappa shape index (κ3) is 3.56. The summed E-state index contributed by atoms with van der Waals surface area (Å²) in [5.74, 6) is 1.63. The van der Waals surface area contributed by atoms with Crippen molar-refractivity contribution in [1.82, 2.24) is 20.4 Å². The minimum absolute atomic E-state index is 0.119. The zero-order valence-electron chi connectivity index (χ0n) is 14.1. The van der Waals surface area contributed by atoms with Crippen LogP contribution in [0.15, 0.2) is 53.3 Å². The number of hydrogen-bond donors (Lipinski definition) is 1. The molecule has 3 aromatic rings. The van der Waals surface area contributed by atoms with Gasteiger partial charge in [0.15, 0.2) is 6.10 Å². The van der Waals surface area contributed by atoms with Gasteiger partial charge in [0.1, 0.15) is 5.75 Å². The van der Waals surface area contributed by atoms with Crippen LogP contribution in [0.4, 0.5) is 0 Å². The molecular formula is C19H18N4O3. The maximum Gasteiger partial charge on any atom is 0.261 e. The van der Waals surface area contributed by atoms with Gasteiger partial charge in [0.05, 0.1) is 0 Å². The molecule has 0 fully saturated rings. The first-order chi connectivity index (χ1) is 12.8. The Hall–Kier alpha value is -3.22. The Bertz CT molecular complexity index is 895. The molecular weight excluding hydrogens is 332 g/mol. The van der Waals surface area contributed by atoms with Gasteiger partial charge in [0, 0.05) is 30.9 Å². The summed E-state index contributed by atoms with van der Waals surface area (Å²) in [4.78, 5) is 20.7. The summed E-state index contributed by atoms with van der Waals surface area (Å²) in [5, 5.41) is 6.81. The van der Waals surface area contributed by atoms with E-state index in [1.54, 1.807) is 12.4 Å². The topological polar surface area (TPSA) is 90.1 Å². The lowest BCUT2D eigenvalue weighted by Gasteiger charge is -2.25. The highest BCUT2D eigenvalue weighted by Gasteiger charge is 2.25. The number of aryl methyl sites for hydroxylation is 1. The number of hydrogen-bond acceptors (Lipinski definition) is 6. The molecule has 0 saturated heterocycles. The summed E-state index contributed by atoms with van der Waals surface area (Å²) in [7, 11) is 0. The quantitative estimate of drug-likeness (QED) is 0.758. The number of carbonyl (C=O) groups is 1. The normalized spacial score (nSPS) is 15.8. The number of nitrogens with zero attached hydrogens (tertiary/aromatic N) is 3. The smallest absolute Gasteiger partial charge is 0.261 e. The Morgan fingerprint density at radius 2 is 2.15 bits per heavy atom. The number of ether oxygens (including phenoxy) is 1. The number of amides is 1. The molecule has 0 radical (unpaired) electrons. The number of rotatable bonds is 5. The van der Waals surface area contributed by atoms with Gasteiger partial charge in [-0.25, -0.2) is 0 Å². The van der Waals surface area contributed by atoms with E-state index in [2.05, 4.69) is 20.4 Å². The van der Waals surface area contributed by atoms with E-state index in [9.17, 15) is 4.79 Å². The molecule has 1 unspecified atom stereocenters. The van der Waals surface area contributed by atoms with Gasteiger partial charge < -0.3 is 14.6 Å². The molecule has 0 aliphatic carbocycles. The van der Waals surface area contributed by atoms with E-state index in [-0.39, 0.29) is 5.91 Å². The molecule has 1 amide bonds. The summed E-state index contributed by atoms with van der Waals surface area (Å²) in [6, 6.07) is 11.5. The summed E-state index contributed by atoms with van der Waals surface area (Å²) in [6.45, 7) is 0.412. The van der Waals surface area contributed by atoms with E-state index in [1.165, 1.54) is 0 Å². The van der Waals surface area contributed by atoms with E-state index in [1.807, 2.05) is 36.4 Å². The van der Waals surface area contributed by atoms with Crippen molar-refractivity contribution >= 4 is 5.91 Å². The summed E-state index contributed by atoms with van der Waals surface area (Å²) in [6.07, 6.45) is 4.88. The van der Waals surface area contributed by atoms with Gasteiger partial charge in [0.25, 0.3) is 5.91 Å². The average Bonchev–Trinajstić information content (AvgIpc) is 3.17. The zero-order chi connectivity index (χ0) is 17.8. The Morgan fingerprint density at radius 3 is 3.04 bits per heavy atom. The fraction of sp³-hybridized carbons (Fsp3) is 0.263. The Kier molecular flexibility index (Phi) is 4.59. The molecule has 7 nitrogen and oxygen atoms in total. The highest BCUT2D eigenvalue weighted by Crippen LogP contribution is 2.27. The number of nitrogens with one attached hydrogen (secondary N) is 1. The van der Waals surface area contributed by atoms with Crippen molar-refractivity contribution in [3.05, 3.63) is 60.2 Å². The summed E-state index contributed by atoms with van der Waals surface area (Å²) < 4.78 is 11.0. The molecule has 7 heteroatoms. The van der Waals surface area contributed by atoms with Crippen LogP contribution in [0.5, 0.6) is 5.75 Å².